The number of fused-ring (bicyclic) bond motifs is 1. The number of carboxylic acid groups (broad SMARTS) is 1. The summed E-state index contributed by atoms with van der Waals surface area (Å²) in [6.07, 6.45) is -4.49. The van der Waals surface area contributed by atoms with E-state index in [2.05, 4.69) is 10.3 Å². The predicted octanol–water partition coefficient (Wildman–Crippen LogP) is 5.49. The molecule has 4 aromatic rings. The zero-order chi connectivity index (χ0) is 23.6. The number of benzene rings is 3. The van der Waals surface area contributed by atoms with Crippen LogP contribution in [-0.2, 0) is 24.6 Å². The lowest BCUT2D eigenvalue weighted by Crippen LogP contribution is -2.17. The number of nitrogens with one attached hydrogen (secondary N) is 1. The van der Waals surface area contributed by atoms with Crippen LogP contribution in [0.4, 0.5) is 13.2 Å². The lowest BCUT2D eigenvalue weighted by Gasteiger charge is -2.15. The zero-order valence-electron chi connectivity index (χ0n) is 17.9. The van der Waals surface area contributed by atoms with Gasteiger partial charge in [0, 0.05) is 25.7 Å². The van der Waals surface area contributed by atoms with E-state index >= 15 is 0 Å². The topological polar surface area (TPSA) is 67.2 Å². The van der Waals surface area contributed by atoms with Crippen LogP contribution in [0.25, 0.3) is 33.5 Å². The monoisotopic (exact) mass is 453 g/mol. The molecule has 0 aliphatic heterocycles. The number of aliphatic carboxylic acids is 1. The summed E-state index contributed by atoms with van der Waals surface area (Å²) >= 11 is 0. The number of nitrogens with zero attached hydrogens (tertiary/aromatic N) is 2. The first-order valence-corrected chi connectivity index (χ1v) is 10.4. The third-order valence-corrected chi connectivity index (χ3v) is 5.46. The van der Waals surface area contributed by atoms with Crippen molar-refractivity contribution in [1.29, 1.82) is 0 Å². The van der Waals surface area contributed by atoms with E-state index in [9.17, 15) is 18.0 Å². The quantitative estimate of drug-likeness (QED) is 0.363. The van der Waals surface area contributed by atoms with E-state index in [0.717, 1.165) is 17.1 Å². The normalized spacial score (nSPS) is 11.8. The Morgan fingerprint density at radius 3 is 2.48 bits per heavy atom. The summed E-state index contributed by atoms with van der Waals surface area (Å²) in [5, 5.41) is 11.8. The third-order valence-electron chi connectivity index (χ3n) is 5.46. The van der Waals surface area contributed by atoms with Crippen molar-refractivity contribution in [2.24, 2.45) is 7.05 Å². The van der Waals surface area contributed by atoms with Gasteiger partial charge in [-0.3, -0.25) is 4.79 Å². The zero-order valence-corrected chi connectivity index (χ0v) is 17.9. The molecule has 0 unspecified atom stereocenters. The summed E-state index contributed by atoms with van der Waals surface area (Å²) < 4.78 is 43.5. The number of alkyl halides is 3. The van der Waals surface area contributed by atoms with Crippen LogP contribution >= 0.6 is 0 Å². The highest BCUT2D eigenvalue weighted by Gasteiger charge is 2.34. The summed E-state index contributed by atoms with van der Waals surface area (Å²) in [5.74, 6) is -0.435. The molecule has 2 N–H and O–H groups in total. The Bertz CT molecular complexity index is 1300. The Hall–Kier alpha value is -3.65. The van der Waals surface area contributed by atoms with E-state index in [1.165, 1.54) is 6.07 Å². The fraction of sp³-hybridized carbons (Fsp3) is 0.200. The fourth-order valence-corrected chi connectivity index (χ4v) is 3.83. The van der Waals surface area contributed by atoms with Crippen molar-refractivity contribution in [2.75, 3.05) is 6.54 Å². The van der Waals surface area contributed by atoms with Crippen molar-refractivity contribution in [3.05, 3.63) is 77.9 Å². The summed E-state index contributed by atoms with van der Waals surface area (Å²) in [6, 6.07) is 18.4. The molecule has 0 bridgehead atoms. The van der Waals surface area contributed by atoms with Gasteiger partial charge in [0.1, 0.15) is 5.82 Å². The van der Waals surface area contributed by atoms with E-state index in [1.54, 1.807) is 48.0 Å². The Morgan fingerprint density at radius 1 is 1.03 bits per heavy atom. The SMILES string of the molecule is Cn1c(-c2ccc(-c3ccccc3)c(C(F)(F)F)c2)nc2cc(CNCCC(=O)O)ccc21. The largest absolute Gasteiger partial charge is 0.481 e. The highest BCUT2D eigenvalue weighted by molar-refractivity contribution is 5.82. The minimum Gasteiger partial charge on any atom is -0.481 e. The molecule has 0 amide bonds. The summed E-state index contributed by atoms with van der Waals surface area (Å²) in [5.41, 5.74) is 2.66. The second-order valence-corrected chi connectivity index (χ2v) is 7.76. The maximum absolute atomic E-state index is 13.9. The highest BCUT2D eigenvalue weighted by Crippen LogP contribution is 2.39. The van der Waals surface area contributed by atoms with Crippen molar-refractivity contribution in [2.45, 2.75) is 19.1 Å². The maximum atomic E-state index is 13.9. The Labute approximate surface area is 188 Å². The first-order chi connectivity index (χ1) is 15.7. The molecule has 0 aliphatic carbocycles. The van der Waals surface area contributed by atoms with Crippen LogP contribution in [0.2, 0.25) is 0 Å². The molecule has 0 saturated heterocycles. The second kappa shape index (κ2) is 9.07. The molecule has 33 heavy (non-hydrogen) atoms. The van der Waals surface area contributed by atoms with Crippen molar-refractivity contribution in [1.82, 2.24) is 14.9 Å². The van der Waals surface area contributed by atoms with Gasteiger partial charge in [-0.1, -0.05) is 48.5 Å². The standard InChI is InChI=1S/C25H22F3N3O2/c1-31-22-10-7-16(15-29-12-11-23(32)33)13-21(22)30-24(31)18-8-9-19(17-5-3-2-4-6-17)20(14-18)25(26,27)28/h2-10,13-14,29H,11-12,15H2,1H3,(H,32,33). The molecule has 1 aromatic heterocycles. The predicted molar refractivity (Wildman–Crippen MR) is 121 cm³/mol. The molecule has 5 nitrogen and oxygen atoms in total. The van der Waals surface area contributed by atoms with Gasteiger partial charge in [-0.25, -0.2) is 4.98 Å². The second-order valence-electron chi connectivity index (χ2n) is 7.76. The number of hydrogen-bond donors (Lipinski definition) is 2. The summed E-state index contributed by atoms with van der Waals surface area (Å²) in [4.78, 5) is 15.2. The van der Waals surface area contributed by atoms with E-state index in [0.29, 0.717) is 35.6 Å². The van der Waals surface area contributed by atoms with Crippen LogP contribution in [0, 0.1) is 0 Å². The minimum atomic E-state index is -4.51. The number of carbonyl (C=O) groups is 1. The van der Waals surface area contributed by atoms with Crippen molar-refractivity contribution in [3.8, 4) is 22.5 Å². The molecule has 0 saturated carbocycles. The van der Waals surface area contributed by atoms with E-state index in [-0.39, 0.29) is 12.0 Å². The number of aryl methyl sites for hydroxylation is 1. The number of halogens is 3. The highest BCUT2D eigenvalue weighted by atomic mass is 19.4. The molecular formula is C25H22F3N3O2. The van der Waals surface area contributed by atoms with Gasteiger partial charge in [0.2, 0.25) is 0 Å². The van der Waals surface area contributed by atoms with Crippen LogP contribution in [0.15, 0.2) is 66.7 Å². The molecule has 0 aliphatic rings. The van der Waals surface area contributed by atoms with E-state index < -0.39 is 17.7 Å². The molecule has 1 heterocycles. The summed E-state index contributed by atoms with van der Waals surface area (Å²) in [7, 11) is 1.77. The summed E-state index contributed by atoms with van der Waals surface area (Å²) in [6.45, 7) is 0.813. The van der Waals surface area contributed by atoms with Crippen molar-refractivity contribution < 1.29 is 23.1 Å². The van der Waals surface area contributed by atoms with Crippen molar-refractivity contribution in [3.63, 3.8) is 0 Å². The molecule has 170 valence electrons. The molecule has 3 aromatic carbocycles. The number of rotatable bonds is 7. The van der Waals surface area contributed by atoms with Gasteiger partial charge >= 0.3 is 12.1 Å². The number of aromatic nitrogens is 2. The van der Waals surface area contributed by atoms with Gasteiger partial charge in [-0.05, 0) is 34.9 Å². The van der Waals surface area contributed by atoms with Crippen LogP contribution in [0.5, 0.6) is 0 Å². The first-order valence-electron chi connectivity index (χ1n) is 10.4. The van der Waals surface area contributed by atoms with Gasteiger partial charge in [0.25, 0.3) is 0 Å². The van der Waals surface area contributed by atoms with Gasteiger partial charge in [-0.2, -0.15) is 13.2 Å². The molecule has 0 atom stereocenters. The van der Waals surface area contributed by atoms with Gasteiger partial charge in [0.05, 0.1) is 23.0 Å². The number of hydrogen-bond acceptors (Lipinski definition) is 3. The third kappa shape index (κ3) is 4.90. The van der Waals surface area contributed by atoms with Gasteiger partial charge in [-0.15, -0.1) is 0 Å². The Balaban J connectivity index is 1.69. The first kappa shape index (κ1) is 22.5. The average molecular weight is 453 g/mol. The van der Waals surface area contributed by atoms with Gasteiger partial charge in [0.15, 0.2) is 0 Å². The molecule has 0 spiro atoms. The number of imidazole rings is 1. The Morgan fingerprint density at radius 2 is 1.79 bits per heavy atom. The van der Waals surface area contributed by atoms with Gasteiger partial charge < -0.3 is 15.0 Å². The van der Waals surface area contributed by atoms with Crippen LogP contribution in [0.3, 0.4) is 0 Å². The number of carboxylic acids is 1. The molecular weight excluding hydrogens is 431 g/mol. The lowest BCUT2D eigenvalue weighted by atomic mass is 9.97. The van der Waals surface area contributed by atoms with E-state index in [4.69, 9.17) is 5.11 Å². The maximum Gasteiger partial charge on any atom is 0.417 e. The minimum absolute atomic E-state index is 0.0243. The van der Waals surface area contributed by atoms with Crippen LogP contribution < -0.4 is 5.32 Å². The molecule has 0 fully saturated rings. The molecule has 4 rings (SSSR count). The van der Waals surface area contributed by atoms with E-state index in [1.807, 2.05) is 18.2 Å². The lowest BCUT2D eigenvalue weighted by molar-refractivity contribution is -0.137. The fourth-order valence-electron chi connectivity index (χ4n) is 3.83. The van der Waals surface area contributed by atoms with Crippen molar-refractivity contribution >= 4 is 17.0 Å². The Kier molecular flexibility index (Phi) is 6.20. The molecule has 0 radical (unpaired) electrons. The van der Waals surface area contributed by atoms with Crippen LogP contribution in [0.1, 0.15) is 17.5 Å². The van der Waals surface area contributed by atoms with Crippen LogP contribution in [-0.4, -0.2) is 27.2 Å². The molecule has 8 heteroatoms. The average Bonchev–Trinajstić information content (AvgIpc) is 3.12. The smallest absolute Gasteiger partial charge is 0.417 e.